The normalized spacial score (nSPS) is 29.3. The van der Waals surface area contributed by atoms with E-state index in [1.54, 1.807) is 0 Å². The molecule has 0 aromatic heterocycles. The van der Waals surface area contributed by atoms with Gasteiger partial charge in [0.2, 0.25) is 0 Å². The molecule has 0 heterocycles. The van der Waals surface area contributed by atoms with E-state index in [4.69, 9.17) is 235 Å². The largest absolute Gasteiger partial charge is 0.470 e. The summed E-state index contributed by atoms with van der Waals surface area (Å²) in [6, 6.07) is 0. The molecule has 0 unspecified atom stereocenters. The molecule has 4 aliphatic carbocycles. The van der Waals surface area contributed by atoms with E-state index in [-0.39, 0.29) is 0 Å². The van der Waals surface area contributed by atoms with Crippen LogP contribution < -0.4 is 0 Å². The van der Waals surface area contributed by atoms with Gasteiger partial charge in [-0.05, 0) is 0 Å². The highest BCUT2D eigenvalue weighted by atomic mass is 31.2. The second-order valence-electron chi connectivity index (χ2n) is 25.5. The number of hydrogen-bond donors (Lipinski definition) is 48. The summed E-state index contributed by atoms with van der Waals surface area (Å²) in [6.45, 7) is 0. The predicted molar refractivity (Wildman–Crippen MR) is 406 cm³/mol. The zero-order chi connectivity index (χ0) is 115. The molecule has 0 amide bonds. The van der Waals surface area contributed by atoms with E-state index in [1.807, 2.05) is 0 Å². The first-order valence-corrected chi connectivity index (χ1v) is 68.7. The molecule has 0 radical (unpaired) electrons. The Morgan fingerprint density at radius 3 is 0.104 bits per heavy atom. The van der Waals surface area contributed by atoms with E-state index < -0.39 is 334 Å². The first-order valence-electron chi connectivity index (χ1n) is 32.0. The third kappa shape index (κ3) is 62.4. The fraction of sp³-hybridized carbons (Fsp3) is 1.00. The molecule has 96 nitrogen and oxygen atoms in total. The van der Waals surface area contributed by atoms with Crippen LogP contribution in [0.5, 0.6) is 0 Å². The molecule has 0 aliphatic heterocycles. The van der Waals surface area contributed by atoms with Crippen LogP contribution in [0, 0.1) is 0 Å². The van der Waals surface area contributed by atoms with Gasteiger partial charge in [-0.2, -0.15) is 0 Å². The van der Waals surface area contributed by atoms with Crippen LogP contribution in [0.1, 0.15) is 0 Å². The lowest BCUT2D eigenvalue weighted by atomic mass is 9.85. The molecular formula is C24H72O96P24. The molecule has 0 spiro atoms. The van der Waals surface area contributed by atoms with Crippen molar-refractivity contribution in [2.45, 2.75) is 146 Å². The fourth-order valence-corrected chi connectivity index (χ4v) is 24.5. The zero-order valence-electron chi connectivity index (χ0n) is 65.7. The van der Waals surface area contributed by atoms with Gasteiger partial charge in [-0.15, -0.1) is 0 Å². The van der Waals surface area contributed by atoms with Crippen LogP contribution >= 0.6 is 188 Å². The van der Waals surface area contributed by atoms with Crippen LogP contribution in [-0.4, -0.2) is 381 Å². The molecule has 0 atom stereocenters. The summed E-state index contributed by atoms with van der Waals surface area (Å²) < 4.78 is 373. The van der Waals surface area contributed by atoms with Crippen molar-refractivity contribution in [2.24, 2.45) is 0 Å². The maximum atomic E-state index is 11.4. The summed E-state index contributed by atoms with van der Waals surface area (Å²) in [5.74, 6) is 0. The van der Waals surface area contributed by atoms with Crippen LogP contribution in [0.3, 0.4) is 0 Å². The average molecular weight is 2640 g/mol. The third-order valence-corrected chi connectivity index (χ3v) is 26.4. The van der Waals surface area contributed by atoms with Gasteiger partial charge in [0.05, 0.1) is 0 Å². The second-order valence-corrected chi connectivity index (χ2v) is 54.1. The Labute approximate surface area is 784 Å². The molecule has 0 saturated heterocycles. The lowest BCUT2D eigenvalue weighted by Gasteiger charge is -2.48. The molecule has 4 rings (SSSR count). The van der Waals surface area contributed by atoms with E-state index in [9.17, 15) is 110 Å². The van der Waals surface area contributed by atoms with Gasteiger partial charge in [-0.1, -0.05) is 0 Å². The summed E-state index contributed by atoms with van der Waals surface area (Å²) >= 11 is 0. The molecule has 4 fully saturated rings. The maximum Gasteiger partial charge on any atom is 0.470 e. The van der Waals surface area contributed by atoms with Crippen molar-refractivity contribution in [3.63, 3.8) is 0 Å². The topological polar surface area (TPSA) is 1600 Å². The molecule has 4 saturated carbocycles. The highest BCUT2D eigenvalue weighted by Crippen LogP contribution is 2.65. The van der Waals surface area contributed by atoms with Crippen LogP contribution in [0.2, 0.25) is 0 Å². The van der Waals surface area contributed by atoms with Gasteiger partial charge in [0.25, 0.3) is 0 Å². The number of phosphoric ester groups is 24. The number of phosphoric acid groups is 24. The van der Waals surface area contributed by atoms with E-state index >= 15 is 0 Å². The summed E-state index contributed by atoms with van der Waals surface area (Å²) in [5, 5.41) is 0. The minimum atomic E-state index is -6.02. The molecule has 864 valence electrons. The van der Waals surface area contributed by atoms with Gasteiger partial charge in [0.1, 0.15) is 146 Å². The summed E-state index contributed by atoms with van der Waals surface area (Å²) in [5.41, 5.74) is 0. The smallest absolute Gasteiger partial charge is 0.303 e. The van der Waals surface area contributed by atoms with Crippen molar-refractivity contribution in [3.05, 3.63) is 0 Å². The first-order chi connectivity index (χ1) is 62.3. The lowest BCUT2D eigenvalue weighted by Crippen LogP contribution is -2.66. The summed E-state index contributed by atoms with van der Waals surface area (Å²) in [7, 11) is -144. The van der Waals surface area contributed by atoms with Crippen molar-refractivity contribution >= 4 is 188 Å². The minimum absolute atomic E-state index is 3.14. The average Bonchev–Trinajstić information content (AvgIpc) is 0.755. The van der Waals surface area contributed by atoms with Crippen molar-refractivity contribution < 1.29 is 453 Å². The molecule has 0 aromatic rings. The highest BCUT2D eigenvalue weighted by Gasteiger charge is 2.69. The van der Waals surface area contributed by atoms with Gasteiger partial charge < -0.3 is 235 Å². The Kier molecular flexibility index (Phi) is 52.0. The van der Waals surface area contributed by atoms with Crippen LogP contribution in [0.25, 0.3) is 0 Å². The minimum Gasteiger partial charge on any atom is -0.303 e. The quantitative estimate of drug-likeness (QED) is 0.0252. The standard InChI is InChI=1S/4C6H18O24P6/c4*7-31(8,9)25-1-2(26-32(10,11)12)4(28-34(16,17)18)6(30-36(22,23)24)5(29-35(19,20)21)3(1)27-33(13,14)15/h4*1-6H,(H2,7,8,9)(H2,10,11,12)(H2,13,14,15)(H2,16,17,18)(H2,19,20,21)(H2,22,23,24). The van der Waals surface area contributed by atoms with E-state index in [1.165, 1.54) is 0 Å². The zero-order valence-corrected chi connectivity index (χ0v) is 87.1. The van der Waals surface area contributed by atoms with E-state index in [2.05, 4.69) is 109 Å². The predicted octanol–water partition coefficient (Wildman–Crippen LogP) is -12.5. The highest BCUT2D eigenvalue weighted by molar-refractivity contribution is 7.52. The number of hydrogen-bond acceptors (Lipinski definition) is 48. The molecule has 48 N–H and O–H groups in total. The molecule has 0 aromatic carbocycles. The second kappa shape index (κ2) is 51.8. The lowest BCUT2D eigenvalue weighted by molar-refractivity contribution is -0.202. The van der Waals surface area contributed by atoms with Crippen molar-refractivity contribution in [1.82, 2.24) is 0 Å². The Morgan fingerprint density at radius 1 is 0.0694 bits per heavy atom. The summed E-state index contributed by atoms with van der Waals surface area (Å²) in [4.78, 5) is 439. The molecule has 0 bridgehead atoms. The Hall–Kier alpha value is 2.64. The number of rotatable bonds is 48. The molecular weight excluding hydrogens is 2570 g/mol. The van der Waals surface area contributed by atoms with E-state index in [0.29, 0.717) is 0 Å². The van der Waals surface area contributed by atoms with Crippen LogP contribution in [0.4, 0.5) is 0 Å². The van der Waals surface area contributed by atoms with Crippen LogP contribution in [0.15, 0.2) is 0 Å². The van der Waals surface area contributed by atoms with Gasteiger partial charge >= 0.3 is 188 Å². The van der Waals surface area contributed by atoms with Gasteiger partial charge in [-0.3, -0.25) is 109 Å². The first kappa shape index (κ1) is 145. The van der Waals surface area contributed by atoms with Crippen LogP contribution in [-0.2, 0) is 218 Å². The Bertz CT molecular complexity index is 3940. The molecule has 144 heavy (non-hydrogen) atoms. The summed E-state index contributed by atoms with van der Waals surface area (Å²) in [6.07, 6.45) is -75.4. The van der Waals surface area contributed by atoms with Crippen molar-refractivity contribution in [1.29, 1.82) is 0 Å². The van der Waals surface area contributed by atoms with E-state index in [0.717, 1.165) is 0 Å². The monoisotopic (exact) mass is 2640 g/mol. The Morgan fingerprint density at radius 2 is 0.0903 bits per heavy atom. The fourth-order valence-electron chi connectivity index (χ4n) is 11.2. The van der Waals surface area contributed by atoms with Gasteiger partial charge in [0, 0.05) is 0 Å². The van der Waals surface area contributed by atoms with Gasteiger partial charge in [-0.25, -0.2) is 110 Å². The van der Waals surface area contributed by atoms with Gasteiger partial charge in [0.15, 0.2) is 0 Å². The van der Waals surface area contributed by atoms with Crippen molar-refractivity contribution in [3.8, 4) is 0 Å². The van der Waals surface area contributed by atoms with Crippen molar-refractivity contribution in [2.75, 3.05) is 0 Å². The molecule has 4 aliphatic rings. The SMILES string of the molecule is O=P(O)(O)OC1C(OP(=O)(O)O)C(OP(=O)(O)O)C(OP(=O)(O)O)C(OP(=O)(O)O)C1OP(=O)(O)O.O=P(O)(O)OC1C(OP(=O)(O)O)C(OP(=O)(O)O)C(OP(=O)(O)O)C(OP(=O)(O)O)C1OP(=O)(O)O.O=P(O)(O)OC1C(OP(=O)(O)O)C(OP(=O)(O)O)C(OP(=O)(O)O)C(OP(=O)(O)O)C1OP(=O)(O)O.O=P(O)(O)OC1C(OP(=O)(O)O)C(OP(=O)(O)O)C(OP(=O)(O)O)C(OP(=O)(O)O)C1OP(=O)(O)O. The third-order valence-electron chi connectivity index (χ3n) is 14.0. The Balaban J connectivity index is 0.000000960. The molecule has 120 heteroatoms. The maximum absolute atomic E-state index is 11.4.